The molecule has 1 N–H and O–H groups in total. The topological polar surface area (TPSA) is 80.8 Å². The molecule has 1 aromatic carbocycles. The lowest BCUT2D eigenvalue weighted by atomic mass is 10.1. The van der Waals surface area contributed by atoms with E-state index in [0.29, 0.717) is 41.7 Å². The molecule has 2 aromatic rings. The van der Waals surface area contributed by atoms with Crippen LogP contribution in [0.5, 0.6) is 11.5 Å². The molecule has 0 saturated carbocycles. The third-order valence-electron chi connectivity index (χ3n) is 4.67. The number of carbonyl (C=O) groups excluding carboxylic acids is 2. The number of nitrogens with one attached hydrogen (secondary N) is 1. The van der Waals surface area contributed by atoms with Crippen molar-refractivity contribution in [2.75, 3.05) is 25.1 Å². The van der Waals surface area contributed by atoms with Crippen molar-refractivity contribution in [1.29, 1.82) is 0 Å². The molecular weight excluding hydrogens is 394 g/mol. The average molecular weight is 428 g/mol. The Morgan fingerprint density at radius 3 is 2.52 bits per heavy atom. The van der Waals surface area contributed by atoms with Gasteiger partial charge in [0.15, 0.2) is 11.5 Å². The lowest BCUT2D eigenvalue weighted by Crippen LogP contribution is -2.38. The van der Waals surface area contributed by atoms with Gasteiger partial charge in [0.05, 0.1) is 18.2 Å². The Hall–Kier alpha value is -3.09. The fraction of sp³-hybridized carbons (Fsp3) is 0.458. The molecule has 0 aliphatic carbocycles. The average Bonchev–Trinajstić information content (AvgIpc) is 2.77. The van der Waals surface area contributed by atoms with Crippen LogP contribution in [0.25, 0.3) is 11.3 Å². The molecule has 0 aliphatic rings. The van der Waals surface area contributed by atoms with Crippen LogP contribution in [-0.4, -0.2) is 37.2 Å². The molecule has 1 heterocycles. The number of amides is 2. The Bertz CT molecular complexity index is 883. The van der Waals surface area contributed by atoms with Crippen molar-refractivity contribution in [2.24, 2.45) is 5.92 Å². The Labute approximate surface area is 184 Å². The summed E-state index contributed by atoms with van der Waals surface area (Å²) in [6.45, 7) is 8.60. The molecule has 0 aliphatic heterocycles. The zero-order chi connectivity index (χ0) is 22.8. The fourth-order valence-electron chi connectivity index (χ4n) is 2.86. The van der Waals surface area contributed by atoms with Crippen LogP contribution in [0.15, 0.2) is 36.4 Å². The highest BCUT2D eigenvalue weighted by Gasteiger charge is 2.20. The number of anilines is 1. The summed E-state index contributed by atoms with van der Waals surface area (Å²) in [5, 5.41) is 2.91. The summed E-state index contributed by atoms with van der Waals surface area (Å²) in [6, 6.07) is 10.6. The second-order valence-corrected chi connectivity index (χ2v) is 7.52. The summed E-state index contributed by atoms with van der Waals surface area (Å²) in [4.78, 5) is 30.9. The molecule has 0 radical (unpaired) electrons. The van der Waals surface area contributed by atoms with Gasteiger partial charge < -0.3 is 14.8 Å². The highest BCUT2D eigenvalue weighted by molar-refractivity contribution is 5.90. The number of esters is 1. The van der Waals surface area contributed by atoms with Crippen molar-refractivity contribution >= 4 is 17.8 Å². The van der Waals surface area contributed by atoms with Crippen molar-refractivity contribution in [1.82, 2.24) is 10.3 Å². The Morgan fingerprint density at radius 1 is 1.10 bits per heavy atom. The molecule has 1 aromatic heterocycles. The summed E-state index contributed by atoms with van der Waals surface area (Å²) >= 11 is 0. The first-order valence-corrected chi connectivity index (χ1v) is 10.9. The first kappa shape index (κ1) is 24.2. The lowest BCUT2D eigenvalue weighted by molar-refractivity contribution is -0.137. The zero-order valence-corrected chi connectivity index (χ0v) is 19.1. The minimum Gasteiger partial charge on any atom is -0.490 e. The normalized spacial score (nSPS) is 10.6. The predicted molar refractivity (Wildman–Crippen MR) is 123 cm³/mol. The van der Waals surface area contributed by atoms with Gasteiger partial charge in [0.1, 0.15) is 5.82 Å². The van der Waals surface area contributed by atoms with Crippen molar-refractivity contribution in [3.8, 4) is 22.8 Å². The molecular formula is C24H33N3O4. The molecule has 7 nitrogen and oxygen atoms in total. The second-order valence-electron chi connectivity index (χ2n) is 7.52. The van der Waals surface area contributed by atoms with Crippen molar-refractivity contribution in [3.63, 3.8) is 0 Å². The van der Waals surface area contributed by atoms with Gasteiger partial charge in [-0.05, 0) is 37.6 Å². The van der Waals surface area contributed by atoms with Crippen LogP contribution >= 0.6 is 0 Å². The van der Waals surface area contributed by atoms with E-state index >= 15 is 0 Å². The van der Waals surface area contributed by atoms with E-state index in [9.17, 15) is 9.59 Å². The summed E-state index contributed by atoms with van der Waals surface area (Å²) < 4.78 is 11.4. The van der Waals surface area contributed by atoms with Crippen LogP contribution in [0.4, 0.5) is 10.6 Å². The number of aromatic nitrogens is 1. The quantitative estimate of drug-likeness (QED) is 0.326. The van der Waals surface area contributed by atoms with Gasteiger partial charge in [-0.3, -0.25) is 9.69 Å². The van der Waals surface area contributed by atoms with Gasteiger partial charge in [-0.15, -0.1) is 0 Å². The Morgan fingerprint density at radius 2 is 1.84 bits per heavy atom. The number of benzene rings is 1. The molecule has 2 amide bonds. The third-order valence-corrected chi connectivity index (χ3v) is 4.67. The van der Waals surface area contributed by atoms with Crippen LogP contribution in [0.1, 0.15) is 47.0 Å². The number of carbonyl (C=O) groups is 2. The number of nitrogens with zero attached hydrogens (tertiary/aromatic N) is 2. The predicted octanol–water partition coefficient (Wildman–Crippen LogP) is 5.04. The third kappa shape index (κ3) is 6.70. The maximum Gasteiger partial charge on any atom is 0.322 e. The van der Waals surface area contributed by atoms with E-state index in [4.69, 9.17) is 9.47 Å². The van der Waals surface area contributed by atoms with Gasteiger partial charge in [0.25, 0.3) is 0 Å². The fourth-order valence-corrected chi connectivity index (χ4v) is 2.86. The summed E-state index contributed by atoms with van der Waals surface area (Å²) in [5.74, 6) is 0.661. The standard InChI is InChI=1S/C24H33N3O4/c1-6-8-9-16-25-24(29)27(5)21-15-11-13-19(26-21)18-12-10-14-20(30-7-2)22(18)31-23(28)17(3)4/h10-15,17H,6-9,16H2,1-5H3,(H,25,29). The van der Waals surface area contributed by atoms with E-state index in [1.54, 1.807) is 33.0 Å². The number of hydrogen-bond acceptors (Lipinski definition) is 5. The molecule has 2 rings (SSSR count). The van der Waals surface area contributed by atoms with Crippen molar-refractivity contribution in [2.45, 2.75) is 47.0 Å². The summed E-state index contributed by atoms with van der Waals surface area (Å²) in [7, 11) is 1.68. The number of rotatable bonds is 10. The highest BCUT2D eigenvalue weighted by atomic mass is 16.6. The van der Waals surface area contributed by atoms with E-state index in [-0.39, 0.29) is 17.9 Å². The molecule has 0 spiro atoms. The van der Waals surface area contributed by atoms with Gasteiger partial charge >= 0.3 is 12.0 Å². The molecule has 0 fully saturated rings. The highest BCUT2D eigenvalue weighted by Crippen LogP contribution is 2.38. The maximum absolute atomic E-state index is 12.5. The Balaban J connectivity index is 2.33. The number of hydrogen-bond donors (Lipinski definition) is 1. The minimum atomic E-state index is -0.354. The van der Waals surface area contributed by atoms with Gasteiger partial charge in [-0.2, -0.15) is 0 Å². The molecule has 31 heavy (non-hydrogen) atoms. The lowest BCUT2D eigenvalue weighted by Gasteiger charge is -2.19. The van der Waals surface area contributed by atoms with Crippen LogP contribution in [0.3, 0.4) is 0 Å². The number of pyridine rings is 1. The summed E-state index contributed by atoms with van der Waals surface area (Å²) in [6.07, 6.45) is 3.12. The summed E-state index contributed by atoms with van der Waals surface area (Å²) in [5.41, 5.74) is 1.20. The first-order chi connectivity index (χ1) is 14.9. The number of urea groups is 1. The number of ether oxygens (including phenoxy) is 2. The van der Waals surface area contributed by atoms with Crippen LogP contribution in [0, 0.1) is 5.92 Å². The molecule has 0 saturated heterocycles. The molecule has 0 atom stereocenters. The van der Waals surface area contributed by atoms with E-state index in [1.807, 2.05) is 31.2 Å². The number of para-hydroxylation sites is 1. The van der Waals surface area contributed by atoms with Gasteiger partial charge in [0.2, 0.25) is 0 Å². The first-order valence-electron chi connectivity index (χ1n) is 10.9. The van der Waals surface area contributed by atoms with E-state index in [2.05, 4.69) is 17.2 Å². The van der Waals surface area contributed by atoms with Crippen LogP contribution in [-0.2, 0) is 4.79 Å². The van der Waals surface area contributed by atoms with Crippen molar-refractivity contribution < 1.29 is 19.1 Å². The molecule has 168 valence electrons. The molecule has 0 bridgehead atoms. The number of unbranched alkanes of at least 4 members (excludes halogenated alkanes) is 2. The minimum absolute atomic E-state index is 0.213. The second kappa shape index (κ2) is 11.9. The van der Waals surface area contributed by atoms with Gasteiger partial charge in [-0.25, -0.2) is 9.78 Å². The largest absolute Gasteiger partial charge is 0.490 e. The van der Waals surface area contributed by atoms with E-state index in [1.165, 1.54) is 4.90 Å². The van der Waals surface area contributed by atoms with Crippen LogP contribution in [0.2, 0.25) is 0 Å². The smallest absolute Gasteiger partial charge is 0.322 e. The maximum atomic E-state index is 12.5. The van der Waals surface area contributed by atoms with Gasteiger partial charge in [-0.1, -0.05) is 45.7 Å². The zero-order valence-electron chi connectivity index (χ0n) is 19.1. The van der Waals surface area contributed by atoms with E-state index < -0.39 is 0 Å². The van der Waals surface area contributed by atoms with E-state index in [0.717, 1.165) is 19.3 Å². The molecule has 0 unspecified atom stereocenters. The van der Waals surface area contributed by atoms with Crippen LogP contribution < -0.4 is 19.7 Å². The van der Waals surface area contributed by atoms with Crippen molar-refractivity contribution in [3.05, 3.63) is 36.4 Å². The monoisotopic (exact) mass is 427 g/mol. The Kier molecular flexibility index (Phi) is 9.31. The SMILES string of the molecule is CCCCCNC(=O)N(C)c1cccc(-c2cccc(OCC)c2OC(=O)C(C)C)n1. The molecule has 7 heteroatoms. The van der Waals surface area contributed by atoms with Gasteiger partial charge in [0, 0.05) is 19.2 Å².